The number of nitrogens with zero attached hydrogens (tertiary/aromatic N) is 1. The molecule has 0 aliphatic heterocycles. The van der Waals surface area contributed by atoms with E-state index in [0.29, 0.717) is 0 Å². The van der Waals surface area contributed by atoms with Gasteiger partial charge in [0.25, 0.3) is 0 Å². The Morgan fingerprint density at radius 1 is 0.756 bits per heavy atom. The SMILES string of the molecule is Cc1cnc(-c2[c-]ccc(CC(C)(C)C)c2)cc1-c1c2oc3cccc(C)c3c2cc2c1oc1cccc(C)c12.[Ir]. The molecule has 3 aromatic heterocycles. The molecular formula is C37H32IrNO2-. The zero-order valence-electron chi connectivity index (χ0n) is 24.2. The molecule has 4 aromatic carbocycles. The topological polar surface area (TPSA) is 39.2 Å². The Bertz CT molecular complexity index is 2010. The molecule has 0 amide bonds. The fourth-order valence-electron chi connectivity index (χ4n) is 6.16. The van der Waals surface area contributed by atoms with Crippen LogP contribution in [-0.4, -0.2) is 4.98 Å². The smallest absolute Gasteiger partial charge is 0.147 e. The minimum absolute atomic E-state index is 0. The molecule has 4 heteroatoms. The Labute approximate surface area is 253 Å². The van der Waals surface area contributed by atoms with Crippen LogP contribution in [0.1, 0.15) is 43.0 Å². The van der Waals surface area contributed by atoms with Crippen LogP contribution in [0.4, 0.5) is 0 Å². The summed E-state index contributed by atoms with van der Waals surface area (Å²) in [5, 5.41) is 4.52. The van der Waals surface area contributed by atoms with Gasteiger partial charge in [0.2, 0.25) is 0 Å². The Morgan fingerprint density at radius 2 is 1.37 bits per heavy atom. The molecule has 41 heavy (non-hydrogen) atoms. The van der Waals surface area contributed by atoms with Gasteiger partial charge in [0.1, 0.15) is 22.3 Å². The van der Waals surface area contributed by atoms with Gasteiger partial charge >= 0.3 is 0 Å². The number of aryl methyl sites for hydroxylation is 3. The molecule has 0 fully saturated rings. The Kier molecular flexibility index (Phi) is 6.68. The van der Waals surface area contributed by atoms with E-state index in [0.717, 1.165) is 78.2 Å². The van der Waals surface area contributed by atoms with Crippen molar-refractivity contribution >= 4 is 43.9 Å². The molecule has 0 spiro atoms. The fourth-order valence-corrected chi connectivity index (χ4v) is 6.16. The number of hydrogen-bond donors (Lipinski definition) is 0. The summed E-state index contributed by atoms with van der Waals surface area (Å²) < 4.78 is 13.3. The Balaban J connectivity index is 0.00000302. The van der Waals surface area contributed by atoms with Crippen molar-refractivity contribution in [3.8, 4) is 22.4 Å². The summed E-state index contributed by atoms with van der Waals surface area (Å²) >= 11 is 0. The normalized spacial score (nSPS) is 12.0. The third-order valence-corrected chi connectivity index (χ3v) is 7.91. The molecule has 0 saturated carbocycles. The predicted molar refractivity (Wildman–Crippen MR) is 166 cm³/mol. The van der Waals surface area contributed by atoms with E-state index in [1.54, 1.807) is 0 Å². The molecule has 7 rings (SSSR count). The van der Waals surface area contributed by atoms with Gasteiger partial charge in [0.15, 0.2) is 0 Å². The van der Waals surface area contributed by atoms with Gasteiger partial charge < -0.3 is 13.8 Å². The quantitative estimate of drug-likeness (QED) is 0.171. The molecule has 0 unspecified atom stereocenters. The maximum absolute atomic E-state index is 6.64. The first kappa shape index (κ1) is 27.4. The second kappa shape index (κ2) is 9.98. The summed E-state index contributed by atoms with van der Waals surface area (Å²) in [6, 6.07) is 26.8. The van der Waals surface area contributed by atoms with E-state index < -0.39 is 0 Å². The first-order valence-electron chi connectivity index (χ1n) is 13.9. The number of benzene rings is 4. The molecule has 1 radical (unpaired) electrons. The van der Waals surface area contributed by atoms with Gasteiger partial charge in [-0.05, 0) is 78.8 Å². The Hall–Kier alpha value is -3.72. The van der Waals surface area contributed by atoms with Crippen LogP contribution in [0.2, 0.25) is 0 Å². The van der Waals surface area contributed by atoms with Gasteiger partial charge in [-0.2, -0.15) is 0 Å². The van der Waals surface area contributed by atoms with E-state index in [1.807, 2.05) is 12.3 Å². The van der Waals surface area contributed by atoms with Crippen molar-refractivity contribution in [1.82, 2.24) is 4.98 Å². The number of fused-ring (bicyclic) bond motifs is 6. The summed E-state index contributed by atoms with van der Waals surface area (Å²) in [6.45, 7) is 13.2. The van der Waals surface area contributed by atoms with Crippen LogP contribution in [0, 0.1) is 32.3 Å². The van der Waals surface area contributed by atoms with Gasteiger partial charge in [-0.1, -0.05) is 51.1 Å². The van der Waals surface area contributed by atoms with Crippen molar-refractivity contribution < 1.29 is 28.9 Å². The molecule has 0 saturated heterocycles. The van der Waals surface area contributed by atoms with Crippen molar-refractivity contribution in [1.29, 1.82) is 0 Å². The Morgan fingerprint density at radius 3 is 1.95 bits per heavy atom. The van der Waals surface area contributed by atoms with Crippen LogP contribution in [0.25, 0.3) is 66.3 Å². The molecule has 0 aliphatic carbocycles. The zero-order chi connectivity index (χ0) is 27.8. The standard InChI is InChI=1S/C37H32NO2.Ir/c1-21-10-7-14-30-32(21)27-17-28-33-22(2)11-8-15-31(33)40-36(28)34(35(27)39-30)26-18-29(38-20-23(26)3)25-13-9-12-24(16-25)19-37(4,5)6;/h7-12,14-18,20H,19H2,1-6H3;/q-1;. The zero-order valence-corrected chi connectivity index (χ0v) is 26.6. The third kappa shape index (κ3) is 4.60. The monoisotopic (exact) mass is 715 g/mol. The summed E-state index contributed by atoms with van der Waals surface area (Å²) in [4.78, 5) is 4.85. The van der Waals surface area contributed by atoms with Gasteiger partial charge in [-0.25, -0.2) is 0 Å². The molecule has 0 N–H and O–H groups in total. The summed E-state index contributed by atoms with van der Waals surface area (Å²) in [6.07, 6.45) is 2.95. The maximum Gasteiger partial charge on any atom is 0.147 e. The molecule has 3 nitrogen and oxygen atoms in total. The van der Waals surface area contributed by atoms with Gasteiger partial charge in [-0.3, -0.25) is 0 Å². The van der Waals surface area contributed by atoms with Crippen molar-refractivity contribution in [2.75, 3.05) is 0 Å². The summed E-state index contributed by atoms with van der Waals surface area (Å²) in [5.41, 5.74) is 12.3. The molecular weight excluding hydrogens is 683 g/mol. The average molecular weight is 715 g/mol. The summed E-state index contributed by atoms with van der Waals surface area (Å²) in [5.74, 6) is 0. The molecule has 3 heterocycles. The van der Waals surface area contributed by atoms with E-state index in [1.165, 1.54) is 16.7 Å². The van der Waals surface area contributed by atoms with E-state index in [2.05, 4.69) is 108 Å². The van der Waals surface area contributed by atoms with E-state index in [9.17, 15) is 0 Å². The van der Waals surface area contributed by atoms with Crippen molar-refractivity contribution in [2.45, 2.75) is 48.0 Å². The predicted octanol–water partition coefficient (Wildman–Crippen LogP) is 10.5. The molecule has 207 valence electrons. The molecule has 0 bridgehead atoms. The number of rotatable bonds is 3. The van der Waals surface area contributed by atoms with Crippen LogP contribution in [0.15, 0.2) is 81.8 Å². The minimum atomic E-state index is 0. The maximum atomic E-state index is 6.64. The van der Waals surface area contributed by atoms with Gasteiger partial charge in [-0.15, -0.1) is 35.4 Å². The molecule has 0 atom stereocenters. The second-order valence-electron chi connectivity index (χ2n) is 12.3. The first-order chi connectivity index (χ1) is 19.2. The van der Waals surface area contributed by atoms with E-state index >= 15 is 0 Å². The van der Waals surface area contributed by atoms with E-state index in [-0.39, 0.29) is 25.5 Å². The summed E-state index contributed by atoms with van der Waals surface area (Å²) in [7, 11) is 0. The van der Waals surface area contributed by atoms with Crippen LogP contribution >= 0.6 is 0 Å². The second-order valence-corrected chi connectivity index (χ2v) is 12.3. The number of hydrogen-bond acceptors (Lipinski definition) is 3. The van der Waals surface area contributed by atoms with Gasteiger partial charge in [0.05, 0.1) is 5.56 Å². The molecule has 0 aliphatic rings. The third-order valence-electron chi connectivity index (χ3n) is 7.91. The van der Waals surface area contributed by atoms with Crippen molar-refractivity contribution in [3.63, 3.8) is 0 Å². The largest absolute Gasteiger partial charge is 0.455 e. The van der Waals surface area contributed by atoms with Crippen LogP contribution in [0.5, 0.6) is 0 Å². The fraction of sp³-hybridized carbons (Fsp3) is 0.216. The van der Waals surface area contributed by atoms with Crippen molar-refractivity contribution in [2.24, 2.45) is 5.41 Å². The average Bonchev–Trinajstić information content (AvgIpc) is 3.46. The van der Waals surface area contributed by atoms with Crippen LogP contribution in [0.3, 0.4) is 0 Å². The van der Waals surface area contributed by atoms with E-state index in [4.69, 9.17) is 13.8 Å². The van der Waals surface area contributed by atoms with Crippen LogP contribution in [-0.2, 0) is 26.5 Å². The molecule has 7 aromatic rings. The minimum Gasteiger partial charge on any atom is -0.455 e. The number of pyridine rings is 1. The van der Waals surface area contributed by atoms with Crippen molar-refractivity contribution in [3.05, 3.63) is 101 Å². The number of aromatic nitrogens is 1. The first-order valence-corrected chi connectivity index (χ1v) is 13.9. The van der Waals surface area contributed by atoms with Gasteiger partial charge in [0, 0.05) is 47.8 Å². The number of furan rings is 2. The van der Waals surface area contributed by atoms with Crippen LogP contribution < -0.4 is 0 Å².